The number of nitrogens with one attached hydrogen (secondary N) is 2. The second-order valence-electron chi connectivity index (χ2n) is 7.74. The fourth-order valence-corrected chi connectivity index (χ4v) is 4.97. The van der Waals surface area contributed by atoms with Gasteiger partial charge < -0.3 is 25.0 Å². The third-order valence-corrected chi connectivity index (χ3v) is 6.54. The summed E-state index contributed by atoms with van der Waals surface area (Å²) in [4.78, 5) is 15.5. The molecule has 2 aromatic carbocycles. The van der Waals surface area contributed by atoms with Gasteiger partial charge in [0.15, 0.2) is 10.8 Å². The molecule has 9 heteroatoms. The number of carbonyl (C=O) groups excluding carboxylic acids is 1. The van der Waals surface area contributed by atoms with Crippen LogP contribution in [0.4, 0.5) is 5.69 Å². The zero-order valence-electron chi connectivity index (χ0n) is 17.2. The molecule has 164 valence electrons. The van der Waals surface area contributed by atoms with E-state index >= 15 is 0 Å². The van der Waals surface area contributed by atoms with Crippen molar-refractivity contribution in [3.05, 3.63) is 58.1 Å². The quantitative estimate of drug-likeness (QED) is 0.465. The SMILES string of the molecule is COCCCN1C(=S)NC2c3cc(Cl)ccc3OC1(C)C2C(=O)Nc1ccc(Cl)cc1. The molecule has 1 saturated heterocycles. The van der Waals surface area contributed by atoms with E-state index in [1.807, 2.05) is 24.0 Å². The maximum absolute atomic E-state index is 13.6. The van der Waals surface area contributed by atoms with E-state index in [2.05, 4.69) is 10.6 Å². The molecular weight excluding hydrogens is 457 g/mol. The van der Waals surface area contributed by atoms with E-state index in [0.29, 0.717) is 39.7 Å². The molecule has 0 aromatic heterocycles. The van der Waals surface area contributed by atoms with Gasteiger partial charge in [-0.15, -0.1) is 0 Å². The Morgan fingerprint density at radius 2 is 1.97 bits per heavy atom. The molecule has 3 atom stereocenters. The Morgan fingerprint density at radius 3 is 2.68 bits per heavy atom. The van der Waals surface area contributed by atoms with Crippen LogP contribution in [0.25, 0.3) is 0 Å². The van der Waals surface area contributed by atoms with Crippen molar-refractivity contribution in [3.63, 3.8) is 0 Å². The summed E-state index contributed by atoms with van der Waals surface area (Å²) in [5, 5.41) is 8.05. The second-order valence-corrected chi connectivity index (χ2v) is 9.00. The molecular formula is C22H23Cl2N3O3S. The van der Waals surface area contributed by atoms with E-state index in [9.17, 15) is 4.79 Å². The van der Waals surface area contributed by atoms with Gasteiger partial charge in [-0.3, -0.25) is 4.79 Å². The molecule has 0 radical (unpaired) electrons. The van der Waals surface area contributed by atoms with E-state index in [-0.39, 0.29) is 11.9 Å². The minimum Gasteiger partial charge on any atom is -0.467 e. The molecule has 2 aromatic rings. The smallest absolute Gasteiger partial charge is 0.236 e. The van der Waals surface area contributed by atoms with Gasteiger partial charge in [0.25, 0.3) is 0 Å². The Hall–Kier alpha value is -2.06. The lowest BCUT2D eigenvalue weighted by atomic mass is 9.78. The van der Waals surface area contributed by atoms with Crippen LogP contribution >= 0.6 is 35.4 Å². The zero-order valence-corrected chi connectivity index (χ0v) is 19.5. The van der Waals surface area contributed by atoms with E-state index < -0.39 is 11.6 Å². The van der Waals surface area contributed by atoms with E-state index in [1.54, 1.807) is 37.4 Å². The average Bonchev–Trinajstić information content (AvgIpc) is 2.72. The Bertz CT molecular complexity index is 1000. The van der Waals surface area contributed by atoms with Crippen LogP contribution in [0.5, 0.6) is 5.75 Å². The van der Waals surface area contributed by atoms with Gasteiger partial charge in [0.1, 0.15) is 11.7 Å². The third-order valence-electron chi connectivity index (χ3n) is 5.72. The number of carbonyl (C=O) groups is 1. The maximum atomic E-state index is 13.6. The van der Waals surface area contributed by atoms with Crippen LogP contribution in [0.2, 0.25) is 10.0 Å². The molecule has 2 N–H and O–H groups in total. The number of methoxy groups -OCH3 is 1. The van der Waals surface area contributed by atoms with Gasteiger partial charge in [-0.2, -0.15) is 0 Å². The van der Waals surface area contributed by atoms with Crippen molar-refractivity contribution in [1.29, 1.82) is 0 Å². The summed E-state index contributed by atoms with van der Waals surface area (Å²) in [6, 6.07) is 12.0. The minimum absolute atomic E-state index is 0.188. The van der Waals surface area contributed by atoms with E-state index in [4.69, 9.17) is 44.9 Å². The lowest BCUT2D eigenvalue weighted by Crippen LogP contribution is -2.71. The zero-order chi connectivity index (χ0) is 22.2. The number of rotatable bonds is 6. The number of anilines is 1. The lowest BCUT2D eigenvalue weighted by molar-refractivity contribution is -0.149. The second kappa shape index (κ2) is 8.82. The molecule has 2 heterocycles. The van der Waals surface area contributed by atoms with Crippen LogP contribution in [-0.2, 0) is 9.53 Å². The molecule has 2 aliphatic heterocycles. The summed E-state index contributed by atoms with van der Waals surface area (Å²) < 4.78 is 11.7. The largest absolute Gasteiger partial charge is 0.467 e. The highest BCUT2D eigenvalue weighted by Gasteiger charge is 2.58. The number of nitrogens with zero attached hydrogens (tertiary/aromatic N) is 1. The number of amides is 1. The van der Waals surface area contributed by atoms with Crippen LogP contribution in [-0.4, -0.2) is 41.9 Å². The summed E-state index contributed by atoms with van der Waals surface area (Å²) in [5.41, 5.74) is 0.472. The molecule has 31 heavy (non-hydrogen) atoms. The molecule has 0 saturated carbocycles. The predicted molar refractivity (Wildman–Crippen MR) is 126 cm³/mol. The van der Waals surface area contributed by atoms with E-state index in [0.717, 1.165) is 12.0 Å². The van der Waals surface area contributed by atoms with Crippen molar-refractivity contribution in [2.75, 3.05) is 25.6 Å². The molecule has 0 aliphatic carbocycles. The van der Waals surface area contributed by atoms with Crippen LogP contribution < -0.4 is 15.4 Å². The third kappa shape index (κ3) is 4.20. The number of fused-ring (bicyclic) bond motifs is 4. The van der Waals surface area contributed by atoms with Gasteiger partial charge in [0.2, 0.25) is 5.91 Å². The summed E-state index contributed by atoms with van der Waals surface area (Å²) in [6.45, 7) is 3.06. The van der Waals surface area contributed by atoms with Crippen LogP contribution in [0.1, 0.15) is 24.9 Å². The first kappa shape index (κ1) is 22.1. The Kier molecular flexibility index (Phi) is 6.30. The van der Waals surface area contributed by atoms with Crippen molar-refractivity contribution in [2.24, 2.45) is 5.92 Å². The minimum atomic E-state index is -0.988. The van der Waals surface area contributed by atoms with Gasteiger partial charge in [-0.05, 0) is 68.0 Å². The maximum Gasteiger partial charge on any atom is 0.236 e. The highest BCUT2D eigenvalue weighted by molar-refractivity contribution is 7.80. The number of thiocarbonyl (C=S) groups is 1. The lowest BCUT2D eigenvalue weighted by Gasteiger charge is -2.56. The Balaban J connectivity index is 1.72. The normalized spacial score (nSPS) is 24.1. The van der Waals surface area contributed by atoms with Crippen molar-refractivity contribution in [1.82, 2.24) is 10.2 Å². The molecule has 0 spiro atoms. The summed E-state index contributed by atoms with van der Waals surface area (Å²) in [5.74, 6) is -0.102. The predicted octanol–water partition coefficient (Wildman–Crippen LogP) is 4.62. The molecule has 2 bridgehead atoms. The first-order valence-corrected chi connectivity index (χ1v) is 11.1. The molecule has 3 unspecified atom stereocenters. The highest BCUT2D eigenvalue weighted by atomic mass is 35.5. The molecule has 1 fully saturated rings. The molecule has 6 nitrogen and oxygen atoms in total. The van der Waals surface area contributed by atoms with Crippen molar-refractivity contribution in [3.8, 4) is 5.75 Å². The molecule has 4 rings (SSSR count). The van der Waals surface area contributed by atoms with Crippen molar-refractivity contribution >= 4 is 52.1 Å². The highest BCUT2D eigenvalue weighted by Crippen LogP contribution is 2.49. The van der Waals surface area contributed by atoms with Gasteiger partial charge in [-0.1, -0.05) is 23.2 Å². The van der Waals surface area contributed by atoms with Crippen LogP contribution in [0, 0.1) is 5.92 Å². The van der Waals surface area contributed by atoms with Crippen LogP contribution in [0.3, 0.4) is 0 Å². The molecule has 2 aliphatic rings. The van der Waals surface area contributed by atoms with Gasteiger partial charge >= 0.3 is 0 Å². The van der Waals surface area contributed by atoms with Gasteiger partial charge in [0, 0.05) is 41.6 Å². The number of ether oxygens (including phenoxy) is 2. The number of benzene rings is 2. The summed E-state index contributed by atoms with van der Waals surface area (Å²) in [6.07, 6.45) is 0.737. The first-order chi connectivity index (χ1) is 14.8. The van der Waals surface area contributed by atoms with Crippen molar-refractivity contribution in [2.45, 2.75) is 25.1 Å². The average molecular weight is 480 g/mol. The number of hydrogen-bond donors (Lipinski definition) is 2. The summed E-state index contributed by atoms with van der Waals surface area (Å²) >= 11 is 17.9. The Morgan fingerprint density at radius 1 is 1.26 bits per heavy atom. The number of halogens is 2. The Labute approximate surface area is 196 Å². The van der Waals surface area contributed by atoms with Gasteiger partial charge in [-0.25, -0.2) is 0 Å². The topological polar surface area (TPSA) is 62.8 Å². The standard InChI is InChI=1S/C22H23Cl2N3O3S/c1-22-18(20(28)25-15-7-4-13(23)5-8-15)19(16-12-14(24)6-9-17(16)30-22)26-21(31)27(22)10-3-11-29-2/h4-9,12,18-19H,3,10-11H2,1-2H3,(H,25,28)(H,26,31). The fourth-order valence-electron chi connectivity index (χ4n) is 4.27. The van der Waals surface area contributed by atoms with Gasteiger partial charge in [0.05, 0.1) is 6.04 Å². The van der Waals surface area contributed by atoms with Crippen LogP contribution in [0.15, 0.2) is 42.5 Å². The summed E-state index contributed by atoms with van der Waals surface area (Å²) in [7, 11) is 1.66. The monoisotopic (exact) mass is 479 g/mol. The van der Waals surface area contributed by atoms with E-state index in [1.165, 1.54) is 0 Å². The number of hydrogen-bond acceptors (Lipinski definition) is 4. The molecule has 1 amide bonds. The fraction of sp³-hybridized carbons (Fsp3) is 0.364. The first-order valence-electron chi connectivity index (χ1n) is 9.95. The van der Waals surface area contributed by atoms with Crippen molar-refractivity contribution < 1.29 is 14.3 Å².